The van der Waals surface area contributed by atoms with Gasteiger partial charge in [-0.05, 0) is 38.8 Å². The van der Waals surface area contributed by atoms with E-state index in [2.05, 4.69) is 37.6 Å². The first-order chi connectivity index (χ1) is 14.2. The van der Waals surface area contributed by atoms with Crippen LogP contribution in [0.15, 0.2) is 30.6 Å². The molecule has 29 heavy (non-hydrogen) atoms. The number of nitrogens with two attached hydrogens (primary N) is 1. The molecule has 7 heteroatoms. The van der Waals surface area contributed by atoms with Gasteiger partial charge in [-0.25, -0.2) is 14.6 Å². The maximum absolute atomic E-state index is 6.24. The van der Waals surface area contributed by atoms with Gasteiger partial charge in [-0.15, -0.1) is 0 Å². The lowest BCUT2D eigenvalue weighted by Crippen LogP contribution is -2.49. The summed E-state index contributed by atoms with van der Waals surface area (Å²) in [6.45, 7) is 4.73. The van der Waals surface area contributed by atoms with Crippen LogP contribution in [-0.4, -0.2) is 68.8 Å². The van der Waals surface area contributed by atoms with Gasteiger partial charge in [0, 0.05) is 37.8 Å². The number of nitrogens with zero attached hydrogens (tertiary/aromatic N) is 6. The van der Waals surface area contributed by atoms with Crippen LogP contribution in [0.2, 0.25) is 0 Å². The molecule has 2 fully saturated rings. The predicted octanol–water partition coefficient (Wildman–Crippen LogP) is 2.61. The van der Waals surface area contributed by atoms with E-state index < -0.39 is 0 Å². The first-order valence-corrected chi connectivity index (χ1v) is 10.6. The van der Waals surface area contributed by atoms with Crippen LogP contribution in [0.1, 0.15) is 31.7 Å². The standard InChI is InChI=1S/C22H28N7/c1-27-11-13-28(14-12-27)17-7-9-18(10-8-17)29-22-19(21(23)24-15-25-22)20(26-29)16-5-3-2-4-6-16/h2-5,15,17-18H,7-14H2,1H3,(H2,23,24,25). The number of hydrogen-bond acceptors (Lipinski definition) is 6. The molecule has 1 aliphatic carbocycles. The summed E-state index contributed by atoms with van der Waals surface area (Å²) in [5.74, 6) is 0.486. The summed E-state index contributed by atoms with van der Waals surface area (Å²) >= 11 is 0. The third-order valence-electron chi connectivity index (χ3n) is 6.55. The van der Waals surface area contributed by atoms with Gasteiger partial charge in [0.25, 0.3) is 0 Å². The summed E-state index contributed by atoms with van der Waals surface area (Å²) in [6.07, 6.45) is 6.21. The van der Waals surface area contributed by atoms with Gasteiger partial charge in [0.05, 0.1) is 11.4 Å². The molecule has 1 saturated carbocycles. The molecule has 1 aromatic carbocycles. The number of piperazine rings is 1. The van der Waals surface area contributed by atoms with Gasteiger partial charge in [0.15, 0.2) is 5.65 Å². The number of aromatic nitrogens is 4. The average molecular weight is 391 g/mol. The monoisotopic (exact) mass is 390 g/mol. The first-order valence-electron chi connectivity index (χ1n) is 10.6. The first kappa shape index (κ1) is 18.5. The fourth-order valence-electron chi connectivity index (χ4n) is 4.83. The second-order valence-electron chi connectivity index (χ2n) is 8.33. The minimum Gasteiger partial charge on any atom is -0.383 e. The topological polar surface area (TPSA) is 76.1 Å². The Morgan fingerprint density at radius 1 is 1.00 bits per heavy atom. The van der Waals surface area contributed by atoms with Gasteiger partial charge in [-0.1, -0.05) is 24.3 Å². The van der Waals surface area contributed by atoms with Crippen molar-refractivity contribution in [3.05, 3.63) is 36.7 Å². The zero-order valence-electron chi connectivity index (χ0n) is 17.0. The summed E-state index contributed by atoms with van der Waals surface area (Å²) in [4.78, 5) is 13.9. The molecule has 0 amide bonds. The molecular formula is C22H28N7. The zero-order chi connectivity index (χ0) is 19.8. The Labute approximate surface area is 171 Å². The van der Waals surface area contributed by atoms with Gasteiger partial charge < -0.3 is 10.6 Å². The molecule has 2 N–H and O–H groups in total. The van der Waals surface area contributed by atoms with Crippen LogP contribution < -0.4 is 5.73 Å². The molecule has 151 valence electrons. The van der Waals surface area contributed by atoms with Crippen LogP contribution in [0, 0.1) is 6.07 Å². The fourth-order valence-corrected chi connectivity index (χ4v) is 4.83. The second-order valence-corrected chi connectivity index (χ2v) is 8.33. The van der Waals surface area contributed by atoms with Crippen LogP contribution in [0.3, 0.4) is 0 Å². The summed E-state index contributed by atoms with van der Waals surface area (Å²) in [5, 5.41) is 5.82. The van der Waals surface area contributed by atoms with E-state index in [1.54, 1.807) is 6.33 Å². The molecule has 1 radical (unpaired) electrons. The lowest BCUT2D eigenvalue weighted by molar-refractivity contribution is 0.0815. The zero-order valence-corrected chi connectivity index (χ0v) is 17.0. The van der Waals surface area contributed by atoms with E-state index in [4.69, 9.17) is 10.8 Å². The van der Waals surface area contributed by atoms with E-state index in [0.717, 1.165) is 35.1 Å². The minimum absolute atomic E-state index is 0.355. The summed E-state index contributed by atoms with van der Waals surface area (Å²) in [7, 11) is 2.21. The highest BCUT2D eigenvalue weighted by molar-refractivity contribution is 5.98. The highest BCUT2D eigenvalue weighted by atomic mass is 15.3. The smallest absolute Gasteiger partial charge is 0.164 e. The normalized spacial score (nSPS) is 24.2. The Kier molecular flexibility index (Phi) is 4.93. The highest BCUT2D eigenvalue weighted by Crippen LogP contribution is 2.36. The molecule has 3 heterocycles. The van der Waals surface area contributed by atoms with Crippen molar-refractivity contribution in [1.82, 2.24) is 29.5 Å². The Bertz CT molecular complexity index is 967. The van der Waals surface area contributed by atoms with E-state index in [1.807, 2.05) is 24.3 Å². The molecule has 1 saturated heterocycles. The van der Waals surface area contributed by atoms with Crippen molar-refractivity contribution in [3.63, 3.8) is 0 Å². The number of anilines is 1. The van der Waals surface area contributed by atoms with Crippen LogP contribution in [0.5, 0.6) is 0 Å². The molecule has 3 aromatic rings. The van der Waals surface area contributed by atoms with Gasteiger partial charge >= 0.3 is 0 Å². The third-order valence-corrected chi connectivity index (χ3v) is 6.55. The number of likely N-dealkylation sites (N-methyl/N-ethyl adjacent to an activating group) is 1. The van der Waals surface area contributed by atoms with Crippen molar-refractivity contribution >= 4 is 16.9 Å². The van der Waals surface area contributed by atoms with E-state index >= 15 is 0 Å². The van der Waals surface area contributed by atoms with Crippen LogP contribution in [0.25, 0.3) is 22.3 Å². The molecule has 0 spiro atoms. The molecule has 5 rings (SSSR count). The summed E-state index contributed by atoms with van der Waals surface area (Å²) < 4.78 is 2.10. The van der Waals surface area contributed by atoms with Crippen molar-refractivity contribution in [3.8, 4) is 11.3 Å². The van der Waals surface area contributed by atoms with Crippen molar-refractivity contribution in [2.45, 2.75) is 37.8 Å². The van der Waals surface area contributed by atoms with E-state index in [0.29, 0.717) is 17.9 Å². The molecule has 7 nitrogen and oxygen atoms in total. The van der Waals surface area contributed by atoms with Crippen molar-refractivity contribution in [2.75, 3.05) is 39.0 Å². The third kappa shape index (κ3) is 3.49. The average Bonchev–Trinajstić information content (AvgIpc) is 3.16. The van der Waals surface area contributed by atoms with Gasteiger partial charge in [-0.2, -0.15) is 5.10 Å². The number of nitrogen functional groups attached to an aromatic ring is 1. The van der Waals surface area contributed by atoms with Gasteiger partial charge in [-0.3, -0.25) is 4.90 Å². The predicted molar refractivity (Wildman–Crippen MR) is 114 cm³/mol. The lowest BCUT2D eigenvalue weighted by Gasteiger charge is -2.41. The molecule has 2 aromatic heterocycles. The molecule has 1 aliphatic heterocycles. The Morgan fingerprint density at radius 3 is 2.48 bits per heavy atom. The second kappa shape index (κ2) is 7.72. The quantitative estimate of drug-likeness (QED) is 0.741. The largest absolute Gasteiger partial charge is 0.383 e. The number of fused-ring (bicyclic) bond motifs is 1. The van der Waals surface area contributed by atoms with Gasteiger partial charge in [0.2, 0.25) is 0 Å². The summed E-state index contributed by atoms with van der Waals surface area (Å²) in [6, 6.07) is 12.2. The maximum Gasteiger partial charge on any atom is 0.164 e. The highest BCUT2D eigenvalue weighted by Gasteiger charge is 2.30. The number of rotatable bonds is 3. The van der Waals surface area contributed by atoms with E-state index in [1.165, 1.54) is 39.0 Å². The SMILES string of the molecule is CN1CCN(C2CCC(n3nc(-c4[c]cccc4)c4c(N)ncnc43)CC2)CC1. The fraction of sp³-hybridized carbons (Fsp3) is 0.500. The van der Waals surface area contributed by atoms with Gasteiger partial charge in [0.1, 0.15) is 17.8 Å². The Balaban J connectivity index is 1.41. The Morgan fingerprint density at radius 2 is 1.76 bits per heavy atom. The molecular weight excluding hydrogens is 362 g/mol. The van der Waals surface area contributed by atoms with Crippen LogP contribution in [0.4, 0.5) is 5.82 Å². The van der Waals surface area contributed by atoms with Crippen LogP contribution in [-0.2, 0) is 0 Å². The molecule has 0 bridgehead atoms. The van der Waals surface area contributed by atoms with Crippen LogP contribution >= 0.6 is 0 Å². The van der Waals surface area contributed by atoms with Crippen molar-refractivity contribution in [2.24, 2.45) is 0 Å². The van der Waals surface area contributed by atoms with Crippen molar-refractivity contribution < 1.29 is 0 Å². The lowest BCUT2D eigenvalue weighted by atomic mass is 9.90. The van der Waals surface area contributed by atoms with Crippen molar-refractivity contribution in [1.29, 1.82) is 0 Å². The van der Waals surface area contributed by atoms with E-state index in [-0.39, 0.29) is 0 Å². The molecule has 0 atom stereocenters. The van der Waals surface area contributed by atoms with E-state index in [9.17, 15) is 0 Å². The number of benzene rings is 1. The molecule has 0 unspecified atom stereocenters. The minimum atomic E-state index is 0.355. The Hall–Kier alpha value is -2.51. The maximum atomic E-state index is 6.24. The molecule has 2 aliphatic rings. The number of hydrogen-bond donors (Lipinski definition) is 1. The summed E-state index contributed by atoms with van der Waals surface area (Å²) in [5.41, 5.74) is 8.85.